The summed E-state index contributed by atoms with van der Waals surface area (Å²) in [7, 11) is 2.01. The van der Waals surface area contributed by atoms with Crippen LogP contribution in [-0.4, -0.2) is 12.0 Å². The van der Waals surface area contributed by atoms with Gasteiger partial charge in [0, 0.05) is 29.0 Å². The Hall–Kier alpha value is -1.06. The van der Waals surface area contributed by atoms with E-state index in [0.717, 1.165) is 21.5 Å². The Balaban J connectivity index is 2.46. The average Bonchev–Trinajstić information content (AvgIpc) is 2.38. The van der Waals surface area contributed by atoms with Gasteiger partial charge in [0.15, 0.2) is 0 Å². The molecule has 4 heteroatoms. The molecule has 0 N–H and O–H groups in total. The monoisotopic (exact) mass is 324 g/mol. The van der Waals surface area contributed by atoms with E-state index in [0.29, 0.717) is 5.88 Å². The van der Waals surface area contributed by atoms with Crippen molar-refractivity contribution >= 4 is 39.0 Å². The number of alkyl halides is 1. The fraction of sp³-hybridized carbons (Fsp3) is 0.214. The van der Waals surface area contributed by atoms with Crippen LogP contribution in [0.25, 0.3) is 0 Å². The van der Waals surface area contributed by atoms with E-state index >= 15 is 0 Å². The van der Waals surface area contributed by atoms with E-state index < -0.39 is 0 Å². The second kappa shape index (κ2) is 5.72. The van der Waals surface area contributed by atoms with Crippen molar-refractivity contribution in [2.45, 2.75) is 12.8 Å². The SMILES string of the molecule is Cc1ccccc1N(C)c1ncc(Br)cc1CCl. The highest BCUT2D eigenvalue weighted by Crippen LogP contribution is 2.29. The van der Waals surface area contributed by atoms with Gasteiger partial charge in [-0.1, -0.05) is 18.2 Å². The highest BCUT2D eigenvalue weighted by molar-refractivity contribution is 9.10. The van der Waals surface area contributed by atoms with Crippen LogP contribution >= 0.6 is 27.5 Å². The normalized spacial score (nSPS) is 10.4. The number of halogens is 2. The minimum Gasteiger partial charge on any atom is -0.329 e. The Morgan fingerprint density at radius 2 is 2.06 bits per heavy atom. The number of aryl methyl sites for hydroxylation is 1. The number of anilines is 2. The van der Waals surface area contributed by atoms with E-state index in [-0.39, 0.29) is 0 Å². The Morgan fingerprint density at radius 1 is 1.33 bits per heavy atom. The molecule has 94 valence electrons. The Morgan fingerprint density at radius 3 is 2.72 bits per heavy atom. The molecule has 18 heavy (non-hydrogen) atoms. The summed E-state index contributed by atoms with van der Waals surface area (Å²) in [5, 5.41) is 0. The Bertz CT molecular complexity index is 557. The van der Waals surface area contributed by atoms with Gasteiger partial charge in [-0.25, -0.2) is 4.98 Å². The van der Waals surface area contributed by atoms with E-state index in [1.165, 1.54) is 5.56 Å². The summed E-state index contributed by atoms with van der Waals surface area (Å²) in [5.74, 6) is 1.33. The largest absolute Gasteiger partial charge is 0.329 e. The van der Waals surface area contributed by atoms with Crippen molar-refractivity contribution in [3.05, 3.63) is 52.1 Å². The van der Waals surface area contributed by atoms with Crippen molar-refractivity contribution in [2.24, 2.45) is 0 Å². The second-order valence-electron chi connectivity index (χ2n) is 4.12. The van der Waals surface area contributed by atoms with Crippen molar-refractivity contribution in [2.75, 3.05) is 11.9 Å². The fourth-order valence-electron chi connectivity index (χ4n) is 1.93. The molecule has 1 aromatic carbocycles. The summed E-state index contributed by atoms with van der Waals surface area (Å²) < 4.78 is 0.945. The van der Waals surface area contributed by atoms with Gasteiger partial charge < -0.3 is 4.90 Å². The predicted octanol–water partition coefficient (Wildman–Crippen LogP) is 4.66. The van der Waals surface area contributed by atoms with Gasteiger partial charge in [-0.15, -0.1) is 11.6 Å². The maximum absolute atomic E-state index is 5.99. The molecule has 2 aromatic rings. The fourth-order valence-corrected chi connectivity index (χ4v) is 2.50. The minimum absolute atomic E-state index is 0.442. The van der Waals surface area contributed by atoms with Crippen LogP contribution in [0.1, 0.15) is 11.1 Å². The number of hydrogen-bond acceptors (Lipinski definition) is 2. The first kappa shape index (κ1) is 13.4. The Labute approximate surface area is 121 Å². The van der Waals surface area contributed by atoms with Gasteiger partial charge in [0.1, 0.15) is 5.82 Å². The molecule has 0 spiro atoms. The lowest BCUT2D eigenvalue weighted by Crippen LogP contribution is -2.14. The van der Waals surface area contributed by atoms with Crippen molar-refractivity contribution in [1.82, 2.24) is 4.98 Å². The number of hydrogen-bond donors (Lipinski definition) is 0. The van der Waals surface area contributed by atoms with Gasteiger partial charge in [-0.2, -0.15) is 0 Å². The quantitative estimate of drug-likeness (QED) is 0.763. The van der Waals surface area contributed by atoms with Gasteiger partial charge in [-0.05, 0) is 40.5 Å². The van der Waals surface area contributed by atoms with Gasteiger partial charge in [0.05, 0.1) is 5.88 Å². The predicted molar refractivity (Wildman–Crippen MR) is 80.7 cm³/mol. The molecule has 0 unspecified atom stereocenters. The molecule has 1 heterocycles. The summed E-state index contributed by atoms with van der Waals surface area (Å²) >= 11 is 9.41. The standard InChI is InChI=1S/C14H14BrClN2/c1-10-5-3-4-6-13(10)18(2)14-11(8-16)7-12(15)9-17-14/h3-7,9H,8H2,1-2H3. The van der Waals surface area contributed by atoms with Crippen molar-refractivity contribution in [3.8, 4) is 0 Å². The lowest BCUT2D eigenvalue weighted by Gasteiger charge is -2.22. The minimum atomic E-state index is 0.442. The van der Waals surface area contributed by atoms with Crippen LogP contribution in [-0.2, 0) is 5.88 Å². The number of nitrogens with zero attached hydrogens (tertiary/aromatic N) is 2. The molecule has 0 fully saturated rings. The zero-order valence-corrected chi connectivity index (χ0v) is 12.7. The van der Waals surface area contributed by atoms with Gasteiger partial charge in [-0.3, -0.25) is 0 Å². The molecule has 2 rings (SSSR count). The maximum atomic E-state index is 5.99. The summed E-state index contributed by atoms with van der Waals surface area (Å²) in [6.45, 7) is 2.09. The highest BCUT2D eigenvalue weighted by atomic mass is 79.9. The molecule has 0 saturated carbocycles. The molecule has 0 amide bonds. The average molecular weight is 326 g/mol. The molecule has 0 radical (unpaired) electrons. The van der Waals surface area contributed by atoms with Gasteiger partial charge in [0.25, 0.3) is 0 Å². The first-order valence-electron chi connectivity index (χ1n) is 5.63. The number of rotatable bonds is 3. The third-order valence-corrected chi connectivity index (χ3v) is 3.57. The molecule has 0 aliphatic heterocycles. The van der Waals surface area contributed by atoms with E-state index in [2.05, 4.69) is 44.9 Å². The molecule has 0 atom stereocenters. The zero-order valence-electron chi connectivity index (χ0n) is 10.3. The maximum Gasteiger partial charge on any atom is 0.137 e. The lowest BCUT2D eigenvalue weighted by molar-refractivity contribution is 1.08. The van der Waals surface area contributed by atoms with Crippen LogP contribution in [0.4, 0.5) is 11.5 Å². The topological polar surface area (TPSA) is 16.1 Å². The lowest BCUT2D eigenvalue weighted by atomic mass is 10.1. The van der Waals surface area contributed by atoms with E-state index in [9.17, 15) is 0 Å². The molecular weight excluding hydrogens is 312 g/mol. The van der Waals surface area contributed by atoms with E-state index in [4.69, 9.17) is 11.6 Å². The second-order valence-corrected chi connectivity index (χ2v) is 5.30. The van der Waals surface area contributed by atoms with Crippen molar-refractivity contribution in [1.29, 1.82) is 0 Å². The smallest absolute Gasteiger partial charge is 0.137 e. The summed E-state index contributed by atoms with van der Waals surface area (Å²) in [4.78, 5) is 6.53. The molecule has 0 saturated heterocycles. The van der Waals surface area contributed by atoms with E-state index in [1.54, 1.807) is 6.20 Å². The molecule has 2 nitrogen and oxygen atoms in total. The number of aromatic nitrogens is 1. The third kappa shape index (κ3) is 2.68. The van der Waals surface area contributed by atoms with Gasteiger partial charge in [0.2, 0.25) is 0 Å². The number of benzene rings is 1. The first-order chi connectivity index (χ1) is 8.63. The third-order valence-electron chi connectivity index (χ3n) is 2.85. The summed E-state index contributed by atoms with van der Waals surface area (Å²) in [6, 6.07) is 10.2. The molecule has 0 aliphatic rings. The van der Waals surface area contributed by atoms with Crippen LogP contribution in [0, 0.1) is 6.92 Å². The zero-order chi connectivity index (χ0) is 13.1. The summed E-state index contributed by atoms with van der Waals surface area (Å²) in [6.07, 6.45) is 1.79. The van der Waals surface area contributed by atoms with Crippen LogP contribution in [0.5, 0.6) is 0 Å². The number of para-hydroxylation sites is 1. The van der Waals surface area contributed by atoms with Crippen molar-refractivity contribution in [3.63, 3.8) is 0 Å². The molecule has 0 bridgehead atoms. The van der Waals surface area contributed by atoms with Crippen LogP contribution < -0.4 is 4.90 Å². The van der Waals surface area contributed by atoms with Crippen LogP contribution in [0.2, 0.25) is 0 Å². The Kier molecular flexibility index (Phi) is 4.25. The van der Waals surface area contributed by atoms with E-state index in [1.807, 2.05) is 25.2 Å². The molecular formula is C14H14BrClN2. The van der Waals surface area contributed by atoms with Crippen molar-refractivity contribution < 1.29 is 0 Å². The molecule has 1 aromatic heterocycles. The highest BCUT2D eigenvalue weighted by Gasteiger charge is 2.12. The van der Waals surface area contributed by atoms with Crippen LogP contribution in [0.3, 0.4) is 0 Å². The molecule has 0 aliphatic carbocycles. The van der Waals surface area contributed by atoms with Crippen LogP contribution in [0.15, 0.2) is 41.0 Å². The first-order valence-corrected chi connectivity index (χ1v) is 6.96. The summed E-state index contributed by atoms with van der Waals surface area (Å²) in [5.41, 5.74) is 3.36. The number of pyridine rings is 1. The van der Waals surface area contributed by atoms with Gasteiger partial charge >= 0.3 is 0 Å².